The average molecular weight is 427 g/mol. The molecule has 3 nitrogen and oxygen atoms in total. The lowest BCUT2D eigenvalue weighted by molar-refractivity contribution is 0.306. The van der Waals surface area contributed by atoms with Gasteiger partial charge in [0.15, 0.2) is 0 Å². The Morgan fingerprint density at radius 2 is 1.75 bits per heavy atom. The molecule has 4 rings (SSSR count). The van der Waals surface area contributed by atoms with Gasteiger partial charge in [-0.1, -0.05) is 44.2 Å². The highest BCUT2D eigenvalue weighted by Crippen LogP contribution is 2.40. The number of hydrogen-bond donors (Lipinski definition) is 0. The second-order valence-corrected chi connectivity index (χ2v) is 8.53. The minimum absolute atomic E-state index is 0.173. The normalized spacial score (nSPS) is 12.2. The van der Waals surface area contributed by atoms with Crippen LogP contribution in [0.25, 0.3) is 16.6 Å². The van der Waals surface area contributed by atoms with E-state index in [9.17, 15) is 9.65 Å². The van der Waals surface area contributed by atoms with E-state index in [1.165, 1.54) is 6.07 Å². The maximum Gasteiger partial charge on any atom is 0.126 e. The molecular formula is C28H27FN2O. The number of aromatic nitrogens is 1. The molecule has 32 heavy (non-hydrogen) atoms. The third-order valence-corrected chi connectivity index (χ3v) is 5.84. The van der Waals surface area contributed by atoms with Crippen LogP contribution in [0.3, 0.4) is 0 Å². The van der Waals surface area contributed by atoms with Crippen molar-refractivity contribution in [2.75, 3.05) is 0 Å². The van der Waals surface area contributed by atoms with Crippen LogP contribution >= 0.6 is 0 Å². The summed E-state index contributed by atoms with van der Waals surface area (Å²) < 4.78 is 22.2. The Balaban J connectivity index is 1.90. The molecule has 1 atom stereocenters. The van der Waals surface area contributed by atoms with Gasteiger partial charge in [-0.05, 0) is 72.9 Å². The van der Waals surface area contributed by atoms with Gasteiger partial charge in [0.25, 0.3) is 0 Å². The number of hydrogen-bond acceptors (Lipinski definition) is 2. The van der Waals surface area contributed by atoms with E-state index in [0.29, 0.717) is 12.2 Å². The lowest BCUT2D eigenvalue weighted by Gasteiger charge is -2.17. The number of fused-ring (bicyclic) bond motifs is 1. The molecule has 0 bridgehead atoms. The van der Waals surface area contributed by atoms with Gasteiger partial charge >= 0.3 is 0 Å². The largest absolute Gasteiger partial charge is 0.489 e. The Morgan fingerprint density at radius 1 is 1.00 bits per heavy atom. The summed E-state index contributed by atoms with van der Waals surface area (Å²) in [5, 5.41) is 10.8. The van der Waals surface area contributed by atoms with E-state index in [0.717, 1.165) is 39.2 Å². The van der Waals surface area contributed by atoms with E-state index in [1.807, 2.05) is 61.5 Å². The summed E-state index contributed by atoms with van der Waals surface area (Å²) >= 11 is 0. The maximum atomic E-state index is 14.0. The smallest absolute Gasteiger partial charge is 0.126 e. The summed E-state index contributed by atoms with van der Waals surface area (Å²) in [4.78, 5) is 0. The first-order chi connectivity index (χ1) is 15.4. The highest BCUT2D eigenvalue weighted by Gasteiger charge is 2.25. The Kier molecular flexibility index (Phi) is 6.01. The van der Waals surface area contributed by atoms with Gasteiger partial charge in [-0.15, -0.1) is 0 Å². The number of ether oxygens (including phenoxy) is 1. The first kappa shape index (κ1) is 21.6. The molecule has 0 spiro atoms. The van der Waals surface area contributed by atoms with E-state index < -0.39 is 0 Å². The quantitative estimate of drug-likeness (QED) is 0.322. The van der Waals surface area contributed by atoms with E-state index in [4.69, 9.17) is 4.74 Å². The molecule has 1 unspecified atom stereocenters. The first-order valence-corrected chi connectivity index (χ1v) is 10.9. The summed E-state index contributed by atoms with van der Waals surface area (Å²) in [6, 6.07) is 23.7. The molecule has 1 aromatic heterocycles. The first-order valence-electron chi connectivity index (χ1n) is 10.9. The predicted octanol–water partition coefficient (Wildman–Crippen LogP) is 7.41. The summed E-state index contributed by atoms with van der Waals surface area (Å²) in [5.74, 6) is 0.420. The molecule has 0 saturated carbocycles. The standard InChI is InChI=1S/C28H27FN2O/c1-18(2)28-27(20(4)16-30)24-15-23(32-17-21-8-6-5-7-9-21)11-13-26(24)31(28)22-10-12-25(29)19(3)14-22/h5-15,18,20H,17H2,1-4H3. The van der Waals surface area contributed by atoms with Crippen LogP contribution in [0.2, 0.25) is 0 Å². The highest BCUT2D eigenvalue weighted by molar-refractivity contribution is 5.90. The summed E-state index contributed by atoms with van der Waals surface area (Å²) in [7, 11) is 0. The van der Waals surface area contributed by atoms with Gasteiger partial charge < -0.3 is 9.30 Å². The number of nitriles is 1. The minimum atomic E-state index is -0.290. The van der Waals surface area contributed by atoms with Crippen LogP contribution in [-0.4, -0.2) is 4.57 Å². The van der Waals surface area contributed by atoms with Crippen LogP contribution in [0, 0.1) is 24.1 Å². The van der Waals surface area contributed by atoms with Crippen LogP contribution in [0.1, 0.15) is 55.0 Å². The third-order valence-electron chi connectivity index (χ3n) is 5.84. The van der Waals surface area contributed by atoms with Gasteiger partial charge in [0.2, 0.25) is 0 Å². The fourth-order valence-electron chi connectivity index (χ4n) is 4.28. The molecule has 162 valence electrons. The van der Waals surface area contributed by atoms with Crippen LogP contribution in [0.4, 0.5) is 4.39 Å². The molecule has 0 saturated heterocycles. The number of aryl methyl sites for hydroxylation is 1. The van der Waals surface area contributed by atoms with Crippen LogP contribution in [-0.2, 0) is 6.61 Å². The number of benzene rings is 3. The van der Waals surface area contributed by atoms with Crippen molar-refractivity contribution >= 4 is 10.9 Å². The monoisotopic (exact) mass is 426 g/mol. The molecule has 0 aliphatic heterocycles. The number of halogens is 1. The molecule has 0 aliphatic carbocycles. The number of nitrogens with zero attached hydrogens (tertiary/aromatic N) is 2. The van der Waals surface area contributed by atoms with Crippen molar-refractivity contribution in [1.82, 2.24) is 4.57 Å². The van der Waals surface area contributed by atoms with Gasteiger partial charge in [-0.25, -0.2) is 4.39 Å². The van der Waals surface area contributed by atoms with Gasteiger partial charge in [-0.3, -0.25) is 0 Å². The van der Waals surface area contributed by atoms with Crippen molar-refractivity contribution < 1.29 is 9.13 Å². The van der Waals surface area contributed by atoms with Crippen LogP contribution in [0.15, 0.2) is 66.7 Å². The van der Waals surface area contributed by atoms with Crippen molar-refractivity contribution in [3.05, 3.63) is 94.9 Å². The van der Waals surface area contributed by atoms with E-state index in [-0.39, 0.29) is 17.7 Å². The van der Waals surface area contributed by atoms with Crippen LogP contribution < -0.4 is 4.74 Å². The van der Waals surface area contributed by atoms with Crippen molar-refractivity contribution in [3.63, 3.8) is 0 Å². The zero-order valence-corrected chi connectivity index (χ0v) is 18.9. The molecular weight excluding hydrogens is 399 g/mol. The Hall–Kier alpha value is -3.58. The molecule has 0 N–H and O–H groups in total. The maximum absolute atomic E-state index is 14.0. The van der Waals surface area contributed by atoms with Crippen molar-refractivity contribution in [1.29, 1.82) is 5.26 Å². The third kappa shape index (κ3) is 3.99. The molecule has 4 aromatic rings. The summed E-state index contributed by atoms with van der Waals surface area (Å²) in [6.45, 7) is 8.43. The zero-order chi connectivity index (χ0) is 22.8. The zero-order valence-electron chi connectivity index (χ0n) is 18.9. The Bertz CT molecular complexity index is 1300. The van der Waals surface area contributed by atoms with E-state index in [1.54, 1.807) is 13.0 Å². The summed E-state index contributed by atoms with van der Waals surface area (Å²) in [6.07, 6.45) is 0. The molecule has 1 heterocycles. The second-order valence-electron chi connectivity index (χ2n) is 8.53. The Morgan fingerprint density at radius 3 is 2.41 bits per heavy atom. The molecule has 0 amide bonds. The van der Waals surface area contributed by atoms with Crippen molar-refractivity contribution in [2.45, 2.75) is 46.1 Å². The second kappa shape index (κ2) is 8.88. The molecule has 0 radical (unpaired) electrons. The van der Waals surface area contributed by atoms with Crippen LogP contribution in [0.5, 0.6) is 5.75 Å². The van der Waals surface area contributed by atoms with Crippen molar-refractivity contribution in [2.24, 2.45) is 0 Å². The molecule has 3 aromatic carbocycles. The minimum Gasteiger partial charge on any atom is -0.489 e. The molecule has 0 aliphatic rings. The Labute approximate surface area is 188 Å². The highest BCUT2D eigenvalue weighted by atomic mass is 19.1. The van der Waals surface area contributed by atoms with Gasteiger partial charge in [0, 0.05) is 16.8 Å². The topological polar surface area (TPSA) is 38.0 Å². The number of rotatable bonds is 6. The molecule has 0 fully saturated rings. The van der Waals surface area contributed by atoms with Gasteiger partial charge in [0.1, 0.15) is 18.2 Å². The lowest BCUT2D eigenvalue weighted by atomic mass is 9.94. The SMILES string of the molecule is Cc1cc(-n2c(C(C)C)c(C(C)C#N)c3cc(OCc4ccccc4)ccc32)ccc1F. The van der Waals surface area contributed by atoms with Gasteiger partial charge in [-0.2, -0.15) is 5.26 Å². The lowest BCUT2D eigenvalue weighted by Crippen LogP contribution is -2.06. The average Bonchev–Trinajstić information content (AvgIpc) is 3.14. The molecule has 4 heteroatoms. The predicted molar refractivity (Wildman–Crippen MR) is 127 cm³/mol. The van der Waals surface area contributed by atoms with E-state index in [2.05, 4.69) is 24.5 Å². The summed E-state index contributed by atoms with van der Waals surface area (Å²) in [5.41, 5.74) is 5.65. The van der Waals surface area contributed by atoms with E-state index >= 15 is 0 Å². The fraction of sp³-hybridized carbons (Fsp3) is 0.250. The van der Waals surface area contributed by atoms with Gasteiger partial charge in [0.05, 0.1) is 17.5 Å². The van der Waals surface area contributed by atoms with Crippen molar-refractivity contribution in [3.8, 4) is 17.5 Å². The fourth-order valence-corrected chi connectivity index (χ4v) is 4.28.